The normalized spacial score (nSPS) is 16.2. The fraction of sp³-hybridized carbons (Fsp3) is 0.500. The average molecular weight is 178 g/mol. The highest BCUT2D eigenvalue weighted by molar-refractivity contribution is 5.26. The molecule has 1 aliphatic rings. The third-order valence-corrected chi connectivity index (χ3v) is 2.50. The molecule has 13 heavy (non-hydrogen) atoms. The molecule has 2 rings (SSSR count). The highest BCUT2D eigenvalue weighted by Crippen LogP contribution is 2.20. The van der Waals surface area contributed by atoms with Crippen molar-refractivity contribution in [1.82, 2.24) is 9.88 Å². The molecule has 2 heterocycles. The van der Waals surface area contributed by atoms with E-state index in [1.54, 1.807) is 0 Å². The Morgan fingerprint density at radius 3 is 3.00 bits per heavy atom. The molecule has 1 aromatic rings. The third kappa shape index (κ3) is 1.57. The van der Waals surface area contributed by atoms with Crippen LogP contribution in [0.25, 0.3) is 0 Å². The van der Waals surface area contributed by atoms with Gasteiger partial charge in [-0.05, 0) is 18.2 Å². The van der Waals surface area contributed by atoms with Crippen molar-refractivity contribution in [2.45, 2.75) is 26.6 Å². The smallest absolute Gasteiger partial charge is 0.0853 e. The molecule has 0 bridgehead atoms. The Morgan fingerprint density at radius 1 is 1.46 bits per heavy atom. The standard InChI is InChI=1S/C10H14N2O/c1-2-12-5-8-3-4-9(7-13)11-10(8)6-12/h3-4,13H,2,5-7H2,1H3. The van der Waals surface area contributed by atoms with Crippen molar-refractivity contribution in [3.8, 4) is 0 Å². The van der Waals surface area contributed by atoms with E-state index in [-0.39, 0.29) is 6.61 Å². The minimum atomic E-state index is 0.0411. The molecule has 0 aliphatic carbocycles. The fourth-order valence-corrected chi connectivity index (χ4v) is 1.68. The summed E-state index contributed by atoms with van der Waals surface area (Å²) >= 11 is 0. The monoisotopic (exact) mass is 178 g/mol. The molecule has 0 atom stereocenters. The van der Waals surface area contributed by atoms with Crippen LogP contribution in [-0.2, 0) is 19.7 Å². The number of pyridine rings is 1. The zero-order chi connectivity index (χ0) is 9.26. The van der Waals surface area contributed by atoms with Crippen LogP contribution in [0.5, 0.6) is 0 Å². The summed E-state index contributed by atoms with van der Waals surface area (Å²) in [5, 5.41) is 8.92. The van der Waals surface area contributed by atoms with E-state index in [0.717, 1.165) is 31.0 Å². The fourth-order valence-electron chi connectivity index (χ4n) is 1.68. The molecule has 3 nitrogen and oxygen atoms in total. The summed E-state index contributed by atoms with van der Waals surface area (Å²) in [6.45, 7) is 5.19. The van der Waals surface area contributed by atoms with Gasteiger partial charge >= 0.3 is 0 Å². The minimum absolute atomic E-state index is 0.0411. The molecular formula is C10H14N2O. The Kier molecular flexibility index (Phi) is 2.29. The van der Waals surface area contributed by atoms with Crippen LogP contribution in [-0.4, -0.2) is 21.5 Å². The zero-order valence-corrected chi connectivity index (χ0v) is 7.82. The maximum absolute atomic E-state index is 8.92. The van der Waals surface area contributed by atoms with Gasteiger partial charge in [0, 0.05) is 13.1 Å². The molecule has 70 valence electrons. The van der Waals surface area contributed by atoms with E-state index < -0.39 is 0 Å². The first-order valence-electron chi connectivity index (χ1n) is 4.64. The van der Waals surface area contributed by atoms with E-state index in [1.807, 2.05) is 6.07 Å². The van der Waals surface area contributed by atoms with E-state index >= 15 is 0 Å². The van der Waals surface area contributed by atoms with Gasteiger partial charge in [-0.1, -0.05) is 13.0 Å². The largest absolute Gasteiger partial charge is 0.390 e. The third-order valence-electron chi connectivity index (χ3n) is 2.50. The van der Waals surface area contributed by atoms with Crippen LogP contribution in [0.1, 0.15) is 23.9 Å². The van der Waals surface area contributed by atoms with Crippen LogP contribution >= 0.6 is 0 Å². The van der Waals surface area contributed by atoms with Gasteiger partial charge < -0.3 is 5.11 Å². The summed E-state index contributed by atoms with van der Waals surface area (Å²) in [5.41, 5.74) is 3.21. The van der Waals surface area contributed by atoms with Gasteiger partial charge in [0.05, 0.1) is 18.0 Å². The molecule has 0 spiro atoms. The maximum Gasteiger partial charge on any atom is 0.0853 e. The molecule has 3 heteroatoms. The maximum atomic E-state index is 8.92. The van der Waals surface area contributed by atoms with Gasteiger partial charge in [0.2, 0.25) is 0 Å². The predicted octanol–water partition coefficient (Wildman–Crippen LogP) is 0.909. The number of aliphatic hydroxyl groups excluding tert-OH is 1. The van der Waals surface area contributed by atoms with Gasteiger partial charge in [-0.15, -0.1) is 0 Å². The molecular weight excluding hydrogens is 164 g/mol. The van der Waals surface area contributed by atoms with E-state index in [2.05, 4.69) is 22.9 Å². The summed E-state index contributed by atoms with van der Waals surface area (Å²) in [6.07, 6.45) is 0. The Hall–Kier alpha value is -0.930. The van der Waals surface area contributed by atoms with Crippen LogP contribution in [0.15, 0.2) is 12.1 Å². The molecule has 0 unspecified atom stereocenters. The van der Waals surface area contributed by atoms with Crippen molar-refractivity contribution >= 4 is 0 Å². The second-order valence-corrected chi connectivity index (χ2v) is 3.37. The van der Waals surface area contributed by atoms with E-state index in [1.165, 1.54) is 5.56 Å². The van der Waals surface area contributed by atoms with Crippen LogP contribution in [0.2, 0.25) is 0 Å². The average Bonchev–Trinajstić information content (AvgIpc) is 2.58. The number of rotatable bonds is 2. The molecule has 0 saturated carbocycles. The lowest BCUT2D eigenvalue weighted by Gasteiger charge is -2.08. The van der Waals surface area contributed by atoms with Gasteiger partial charge in [0.15, 0.2) is 0 Å². The second-order valence-electron chi connectivity index (χ2n) is 3.37. The lowest BCUT2D eigenvalue weighted by Crippen LogP contribution is -2.14. The predicted molar refractivity (Wildman–Crippen MR) is 49.9 cm³/mol. The number of hydrogen-bond donors (Lipinski definition) is 1. The lowest BCUT2D eigenvalue weighted by atomic mass is 10.2. The van der Waals surface area contributed by atoms with E-state index in [0.29, 0.717) is 0 Å². The van der Waals surface area contributed by atoms with Gasteiger partial charge in [0.1, 0.15) is 0 Å². The number of aromatic nitrogens is 1. The lowest BCUT2D eigenvalue weighted by molar-refractivity contribution is 0.275. The Labute approximate surface area is 78.0 Å². The second kappa shape index (κ2) is 3.44. The number of nitrogens with zero attached hydrogens (tertiary/aromatic N) is 2. The Balaban J connectivity index is 2.25. The van der Waals surface area contributed by atoms with Crippen molar-refractivity contribution < 1.29 is 5.11 Å². The molecule has 1 aromatic heterocycles. The molecule has 0 saturated heterocycles. The van der Waals surface area contributed by atoms with Crippen LogP contribution in [0.4, 0.5) is 0 Å². The first kappa shape index (κ1) is 8.66. The van der Waals surface area contributed by atoms with Crippen LogP contribution in [0.3, 0.4) is 0 Å². The molecule has 0 amide bonds. The Morgan fingerprint density at radius 2 is 2.31 bits per heavy atom. The first-order chi connectivity index (χ1) is 6.33. The van der Waals surface area contributed by atoms with Crippen molar-refractivity contribution in [2.75, 3.05) is 6.54 Å². The molecule has 0 radical (unpaired) electrons. The summed E-state index contributed by atoms with van der Waals surface area (Å²) in [4.78, 5) is 6.71. The zero-order valence-electron chi connectivity index (χ0n) is 7.82. The SMILES string of the molecule is CCN1Cc2ccc(CO)nc2C1. The van der Waals surface area contributed by atoms with Gasteiger partial charge in [0.25, 0.3) is 0 Å². The molecule has 1 N–H and O–H groups in total. The van der Waals surface area contributed by atoms with Crippen LogP contribution in [0, 0.1) is 0 Å². The van der Waals surface area contributed by atoms with Gasteiger partial charge in [-0.3, -0.25) is 9.88 Å². The number of fused-ring (bicyclic) bond motifs is 1. The highest BCUT2D eigenvalue weighted by Gasteiger charge is 2.18. The van der Waals surface area contributed by atoms with Gasteiger partial charge in [-0.2, -0.15) is 0 Å². The topological polar surface area (TPSA) is 36.4 Å². The van der Waals surface area contributed by atoms with Gasteiger partial charge in [-0.25, -0.2) is 0 Å². The summed E-state index contributed by atoms with van der Waals surface area (Å²) < 4.78 is 0. The molecule has 0 aromatic carbocycles. The number of hydrogen-bond acceptors (Lipinski definition) is 3. The van der Waals surface area contributed by atoms with Crippen molar-refractivity contribution in [3.63, 3.8) is 0 Å². The quantitative estimate of drug-likeness (QED) is 0.731. The van der Waals surface area contributed by atoms with Crippen LogP contribution < -0.4 is 0 Å². The first-order valence-corrected chi connectivity index (χ1v) is 4.64. The van der Waals surface area contributed by atoms with Crippen molar-refractivity contribution in [2.24, 2.45) is 0 Å². The minimum Gasteiger partial charge on any atom is -0.390 e. The highest BCUT2D eigenvalue weighted by atomic mass is 16.3. The Bertz CT molecular complexity index is 312. The van der Waals surface area contributed by atoms with E-state index in [9.17, 15) is 0 Å². The summed E-state index contributed by atoms with van der Waals surface area (Å²) in [7, 11) is 0. The van der Waals surface area contributed by atoms with E-state index in [4.69, 9.17) is 5.11 Å². The summed E-state index contributed by atoms with van der Waals surface area (Å²) in [6, 6.07) is 3.97. The van der Waals surface area contributed by atoms with Crippen molar-refractivity contribution in [3.05, 3.63) is 29.1 Å². The van der Waals surface area contributed by atoms with Crippen molar-refractivity contribution in [1.29, 1.82) is 0 Å². The molecule has 1 aliphatic heterocycles. The number of aliphatic hydroxyl groups is 1. The summed E-state index contributed by atoms with van der Waals surface area (Å²) in [5.74, 6) is 0. The molecule has 0 fully saturated rings.